The second-order valence-corrected chi connectivity index (χ2v) is 5.95. The highest BCUT2D eigenvalue weighted by Gasteiger charge is 2.37. The maximum absolute atomic E-state index is 2.48. The van der Waals surface area contributed by atoms with E-state index in [-0.39, 0.29) is 0 Å². The number of hydrogen-bond acceptors (Lipinski definition) is 1. The monoisotopic (exact) mass is 229 g/mol. The SMILES string of the molecule is CN1CCC2(CCCCc3ccccc32)CC1. The molecule has 0 radical (unpaired) electrons. The van der Waals surface area contributed by atoms with Crippen molar-refractivity contribution in [3.8, 4) is 0 Å². The van der Waals surface area contributed by atoms with Crippen molar-refractivity contribution in [3.05, 3.63) is 35.4 Å². The molecule has 2 aliphatic rings. The lowest BCUT2D eigenvalue weighted by atomic mass is 9.69. The summed E-state index contributed by atoms with van der Waals surface area (Å²) in [6.45, 7) is 2.54. The van der Waals surface area contributed by atoms with Gasteiger partial charge in [-0.15, -0.1) is 0 Å². The molecular formula is C16H23N. The van der Waals surface area contributed by atoms with E-state index in [1.807, 2.05) is 0 Å². The molecule has 0 bridgehead atoms. The minimum atomic E-state index is 0.513. The molecule has 3 rings (SSSR count). The Labute approximate surface area is 105 Å². The fourth-order valence-electron chi connectivity index (χ4n) is 3.74. The summed E-state index contributed by atoms with van der Waals surface area (Å²) in [5, 5.41) is 0. The highest BCUT2D eigenvalue weighted by molar-refractivity contribution is 5.36. The van der Waals surface area contributed by atoms with Crippen molar-refractivity contribution in [3.63, 3.8) is 0 Å². The predicted molar refractivity (Wildman–Crippen MR) is 72.4 cm³/mol. The van der Waals surface area contributed by atoms with E-state index in [0.717, 1.165) is 0 Å². The molecule has 17 heavy (non-hydrogen) atoms. The van der Waals surface area contributed by atoms with E-state index in [0.29, 0.717) is 5.41 Å². The summed E-state index contributed by atoms with van der Waals surface area (Å²) in [5.41, 5.74) is 3.83. The van der Waals surface area contributed by atoms with Crippen LogP contribution in [0.4, 0.5) is 0 Å². The molecule has 1 aromatic rings. The Kier molecular flexibility index (Phi) is 2.96. The summed E-state index contributed by atoms with van der Waals surface area (Å²) in [5.74, 6) is 0. The molecule has 1 aliphatic heterocycles. The van der Waals surface area contributed by atoms with Crippen LogP contribution in [0.2, 0.25) is 0 Å². The quantitative estimate of drug-likeness (QED) is 0.659. The molecule has 1 saturated heterocycles. The number of piperidine rings is 1. The number of nitrogens with zero attached hydrogens (tertiary/aromatic N) is 1. The number of rotatable bonds is 0. The van der Waals surface area contributed by atoms with Gasteiger partial charge in [-0.05, 0) is 68.8 Å². The molecule has 1 fully saturated rings. The molecule has 0 amide bonds. The first-order valence-electron chi connectivity index (χ1n) is 7.07. The van der Waals surface area contributed by atoms with Crippen LogP contribution < -0.4 is 0 Å². The van der Waals surface area contributed by atoms with Crippen LogP contribution in [0.25, 0.3) is 0 Å². The third-order valence-corrected chi connectivity index (χ3v) is 4.88. The van der Waals surface area contributed by atoms with Crippen molar-refractivity contribution in [1.82, 2.24) is 4.90 Å². The van der Waals surface area contributed by atoms with Gasteiger partial charge in [0, 0.05) is 0 Å². The Balaban J connectivity index is 1.99. The standard InChI is InChI=1S/C16H23N/c1-17-12-10-16(11-13-17)9-5-4-7-14-6-2-3-8-15(14)16/h2-3,6,8H,4-5,7,9-13H2,1H3. The van der Waals surface area contributed by atoms with Crippen LogP contribution in [0.15, 0.2) is 24.3 Å². The molecule has 1 nitrogen and oxygen atoms in total. The van der Waals surface area contributed by atoms with E-state index in [1.54, 1.807) is 11.1 Å². The first-order chi connectivity index (χ1) is 8.30. The molecular weight excluding hydrogens is 206 g/mol. The summed E-state index contributed by atoms with van der Waals surface area (Å²) in [6.07, 6.45) is 8.24. The van der Waals surface area contributed by atoms with Crippen LogP contribution in [0.5, 0.6) is 0 Å². The van der Waals surface area contributed by atoms with Gasteiger partial charge in [-0.25, -0.2) is 0 Å². The van der Waals surface area contributed by atoms with E-state index in [2.05, 4.69) is 36.2 Å². The second-order valence-electron chi connectivity index (χ2n) is 5.95. The lowest BCUT2D eigenvalue weighted by Gasteiger charge is -2.41. The fraction of sp³-hybridized carbons (Fsp3) is 0.625. The molecule has 1 heteroatoms. The van der Waals surface area contributed by atoms with Crippen molar-refractivity contribution < 1.29 is 0 Å². The average molecular weight is 229 g/mol. The maximum atomic E-state index is 2.48. The van der Waals surface area contributed by atoms with E-state index >= 15 is 0 Å². The second kappa shape index (κ2) is 4.45. The van der Waals surface area contributed by atoms with Crippen LogP contribution in [-0.2, 0) is 11.8 Å². The lowest BCUT2D eigenvalue weighted by molar-refractivity contribution is 0.177. The maximum Gasteiger partial charge on any atom is -0.00133 e. The van der Waals surface area contributed by atoms with Crippen molar-refractivity contribution >= 4 is 0 Å². The zero-order valence-corrected chi connectivity index (χ0v) is 10.9. The van der Waals surface area contributed by atoms with Crippen LogP contribution in [0.1, 0.15) is 43.2 Å². The Hall–Kier alpha value is -0.820. The summed E-state index contributed by atoms with van der Waals surface area (Å²) in [6, 6.07) is 9.23. The zero-order chi connectivity index (χ0) is 11.7. The van der Waals surface area contributed by atoms with E-state index in [1.165, 1.54) is 51.6 Å². The largest absolute Gasteiger partial charge is 0.306 e. The number of likely N-dealkylation sites (tertiary alicyclic amines) is 1. The van der Waals surface area contributed by atoms with Crippen molar-refractivity contribution in [2.24, 2.45) is 0 Å². The fourth-order valence-corrected chi connectivity index (χ4v) is 3.74. The Bertz CT molecular complexity index is 388. The predicted octanol–water partition coefficient (Wildman–Crippen LogP) is 3.38. The van der Waals surface area contributed by atoms with Gasteiger partial charge in [0.15, 0.2) is 0 Å². The zero-order valence-electron chi connectivity index (χ0n) is 10.9. The van der Waals surface area contributed by atoms with E-state index in [4.69, 9.17) is 0 Å². The van der Waals surface area contributed by atoms with Gasteiger partial charge in [0.2, 0.25) is 0 Å². The van der Waals surface area contributed by atoms with Crippen LogP contribution in [0, 0.1) is 0 Å². The molecule has 0 saturated carbocycles. The lowest BCUT2D eigenvalue weighted by Crippen LogP contribution is -2.41. The molecule has 0 unspecified atom stereocenters. The molecule has 1 heterocycles. The van der Waals surface area contributed by atoms with Gasteiger partial charge in [0.05, 0.1) is 0 Å². The van der Waals surface area contributed by atoms with E-state index in [9.17, 15) is 0 Å². The van der Waals surface area contributed by atoms with Crippen molar-refractivity contribution in [1.29, 1.82) is 0 Å². The third-order valence-electron chi connectivity index (χ3n) is 4.88. The van der Waals surface area contributed by atoms with Crippen molar-refractivity contribution in [2.45, 2.75) is 43.9 Å². The molecule has 0 atom stereocenters. The third kappa shape index (κ3) is 2.01. The van der Waals surface area contributed by atoms with Crippen LogP contribution in [-0.4, -0.2) is 25.0 Å². The molecule has 0 aromatic heterocycles. The van der Waals surface area contributed by atoms with Gasteiger partial charge in [-0.3, -0.25) is 0 Å². The van der Waals surface area contributed by atoms with Crippen LogP contribution >= 0.6 is 0 Å². The first kappa shape index (κ1) is 11.3. The Morgan fingerprint density at radius 1 is 1.00 bits per heavy atom. The average Bonchev–Trinajstić information content (AvgIpc) is 2.54. The Morgan fingerprint density at radius 3 is 2.59 bits per heavy atom. The van der Waals surface area contributed by atoms with Gasteiger partial charge in [-0.2, -0.15) is 0 Å². The number of fused-ring (bicyclic) bond motifs is 2. The minimum absolute atomic E-state index is 0.513. The van der Waals surface area contributed by atoms with Gasteiger partial charge in [-0.1, -0.05) is 30.7 Å². The first-order valence-corrected chi connectivity index (χ1v) is 7.07. The number of benzene rings is 1. The summed E-state index contributed by atoms with van der Waals surface area (Å²) in [4.78, 5) is 2.48. The van der Waals surface area contributed by atoms with Gasteiger partial charge >= 0.3 is 0 Å². The molecule has 92 valence electrons. The molecule has 1 aliphatic carbocycles. The van der Waals surface area contributed by atoms with Gasteiger partial charge in [0.1, 0.15) is 0 Å². The van der Waals surface area contributed by atoms with Crippen LogP contribution in [0.3, 0.4) is 0 Å². The number of hydrogen-bond donors (Lipinski definition) is 0. The normalized spacial score (nSPS) is 24.3. The number of aryl methyl sites for hydroxylation is 1. The van der Waals surface area contributed by atoms with E-state index < -0.39 is 0 Å². The summed E-state index contributed by atoms with van der Waals surface area (Å²) in [7, 11) is 2.26. The van der Waals surface area contributed by atoms with Gasteiger partial charge in [0.25, 0.3) is 0 Å². The molecule has 0 N–H and O–H groups in total. The topological polar surface area (TPSA) is 3.24 Å². The summed E-state index contributed by atoms with van der Waals surface area (Å²) < 4.78 is 0. The highest BCUT2D eigenvalue weighted by atomic mass is 15.1. The summed E-state index contributed by atoms with van der Waals surface area (Å²) >= 11 is 0. The smallest absolute Gasteiger partial charge is 0.00133 e. The van der Waals surface area contributed by atoms with Gasteiger partial charge < -0.3 is 4.90 Å². The van der Waals surface area contributed by atoms with Crippen molar-refractivity contribution in [2.75, 3.05) is 20.1 Å². The minimum Gasteiger partial charge on any atom is -0.306 e. The molecule has 1 spiro atoms. The highest BCUT2D eigenvalue weighted by Crippen LogP contribution is 2.43. The Morgan fingerprint density at radius 2 is 1.76 bits per heavy atom. The molecule has 1 aromatic carbocycles.